The number of carboxylic acid groups (broad SMARTS) is 1. The van der Waals surface area contributed by atoms with Crippen molar-refractivity contribution in [2.75, 3.05) is 25.0 Å². The van der Waals surface area contributed by atoms with Crippen LogP contribution in [-0.2, 0) is 10.3 Å². The molecular weight excluding hydrogens is 418 g/mol. The highest BCUT2D eigenvalue weighted by atomic mass is 35.5. The van der Waals surface area contributed by atoms with Gasteiger partial charge in [-0.1, -0.05) is 54.1 Å². The van der Waals surface area contributed by atoms with Crippen molar-refractivity contribution in [3.8, 4) is 0 Å². The Balaban J connectivity index is 1.67. The zero-order valence-electron chi connectivity index (χ0n) is 17.3. The standard InChI is InChI=1S/C23H28ClN3O4/c24-19-8-4-5-9-20(19)25-21(29)16-27(14-15-28)18-10-12-23(13-11-18,26-22(30)31)17-6-2-1-3-7-17/h1-9,18,26,28H,10-16H2,(H,25,29)(H,30,31). The summed E-state index contributed by atoms with van der Waals surface area (Å²) >= 11 is 6.12. The Kier molecular flexibility index (Phi) is 7.90. The van der Waals surface area contributed by atoms with Crippen LogP contribution in [-0.4, -0.2) is 52.9 Å². The number of rotatable bonds is 8. The van der Waals surface area contributed by atoms with Gasteiger partial charge >= 0.3 is 6.09 Å². The Morgan fingerprint density at radius 1 is 1.06 bits per heavy atom. The molecule has 2 amide bonds. The average molecular weight is 446 g/mol. The maximum atomic E-state index is 12.6. The van der Waals surface area contributed by atoms with Gasteiger partial charge in [0.05, 0.1) is 29.4 Å². The second-order valence-corrected chi connectivity index (χ2v) is 8.24. The number of nitrogens with zero attached hydrogens (tertiary/aromatic N) is 1. The van der Waals surface area contributed by atoms with Crippen molar-refractivity contribution in [3.63, 3.8) is 0 Å². The third-order valence-electron chi connectivity index (χ3n) is 5.88. The maximum Gasteiger partial charge on any atom is 0.405 e. The molecule has 1 aliphatic carbocycles. The summed E-state index contributed by atoms with van der Waals surface area (Å²) in [6.45, 7) is 0.430. The number of amides is 2. The largest absolute Gasteiger partial charge is 0.465 e. The van der Waals surface area contributed by atoms with E-state index in [0.717, 1.165) is 5.56 Å². The van der Waals surface area contributed by atoms with Crippen molar-refractivity contribution in [1.29, 1.82) is 0 Å². The highest BCUT2D eigenvalue weighted by molar-refractivity contribution is 6.33. The quantitative estimate of drug-likeness (QED) is 0.496. The monoisotopic (exact) mass is 445 g/mol. The van der Waals surface area contributed by atoms with Crippen molar-refractivity contribution >= 4 is 29.3 Å². The minimum atomic E-state index is -1.05. The second kappa shape index (κ2) is 10.6. The fraction of sp³-hybridized carbons (Fsp3) is 0.391. The van der Waals surface area contributed by atoms with Gasteiger partial charge in [0.15, 0.2) is 0 Å². The predicted octanol–water partition coefficient (Wildman–Crippen LogP) is 3.68. The molecule has 2 aromatic carbocycles. The Labute approximate surface area is 187 Å². The van der Waals surface area contributed by atoms with Gasteiger partial charge in [-0.3, -0.25) is 9.69 Å². The number of hydrogen-bond donors (Lipinski definition) is 4. The van der Waals surface area contributed by atoms with Crippen LogP contribution >= 0.6 is 11.6 Å². The Morgan fingerprint density at radius 3 is 2.32 bits per heavy atom. The van der Waals surface area contributed by atoms with E-state index in [4.69, 9.17) is 11.6 Å². The van der Waals surface area contributed by atoms with Crippen LogP contribution in [0, 0.1) is 0 Å². The Hall–Kier alpha value is -2.61. The third kappa shape index (κ3) is 5.97. The van der Waals surface area contributed by atoms with Crippen LogP contribution in [0.15, 0.2) is 54.6 Å². The topological polar surface area (TPSA) is 102 Å². The summed E-state index contributed by atoms with van der Waals surface area (Å²) in [6, 6.07) is 16.7. The molecule has 8 heteroatoms. The van der Waals surface area contributed by atoms with E-state index >= 15 is 0 Å². The van der Waals surface area contributed by atoms with Gasteiger partial charge in [0.1, 0.15) is 0 Å². The number of hydrogen-bond acceptors (Lipinski definition) is 4. The molecule has 2 aromatic rings. The van der Waals surface area contributed by atoms with Crippen molar-refractivity contribution in [2.24, 2.45) is 0 Å². The van der Waals surface area contributed by atoms with Gasteiger partial charge in [-0.15, -0.1) is 0 Å². The molecule has 166 valence electrons. The SMILES string of the molecule is O=C(O)NC1(c2ccccc2)CCC(N(CCO)CC(=O)Nc2ccccc2Cl)CC1. The maximum absolute atomic E-state index is 12.6. The van der Waals surface area contributed by atoms with E-state index in [1.807, 2.05) is 35.2 Å². The van der Waals surface area contributed by atoms with Gasteiger partial charge in [0.2, 0.25) is 5.91 Å². The lowest BCUT2D eigenvalue weighted by Crippen LogP contribution is -2.52. The summed E-state index contributed by atoms with van der Waals surface area (Å²) in [7, 11) is 0. The Bertz CT molecular complexity index is 885. The summed E-state index contributed by atoms with van der Waals surface area (Å²) in [5.74, 6) is -0.204. The first-order valence-corrected chi connectivity index (χ1v) is 10.8. The Morgan fingerprint density at radius 2 is 1.71 bits per heavy atom. The molecule has 1 fully saturated rings. The molecule has 0 radical (unpaired) electrons. The van der Waals surface area contributed by atoms with Gasteiger partial charge < -0.3 is 20.8 Å². The molecule has 0 aromatic heterocycles. The number of benzene rings is 2. The molecule has 7 nitrogen and oxygen atoms in total. The van der Waals surface area contributed by atoms with Gasteiger partial charge in [0.25, 0.3) is 0 Å². The van der Waals surface area contributed by atoms with Crippen molar-refractivity contribution in [2.45, 2.75) is 37.3 Å². The summed E-state index contributed by atoms with van der Waals surface area (Å²) in [6.07, 6.45) is 1.58. The summed E-state index contributed by atoms with van der Waals surface area (Å²) in [5, 5.41) is 25.0. The van der Waals surface area contributed by atoms with E-state index in [1.54, 1.807) is 24.3 Å². The minimum absolute atomic E-state index is 0.0624. The van der Waals surface area contributed by atoms with Crippen LogP contribution in [0.2, 0.25) is 5.02 Å². The molecule has 1 saturated carbocycles. The lowest BCUT2D eigenvalue weighted by Gasteiger charge is -2.43. The molecule has 0 spiro atoms. The van der Waals surface area contributed by atoms with Gasteiger partial charge in [0, 0.05) is 12.6 Å². The molecular formula is C23H28ClN3O4. The van der Waals surface area contributed by atoms with Crippen LogP contribution < -0.4 is 10.6 Å². The van der Waals surface area contributed by atoms with Crippen LogP contribution in [0.5, 0.6) is 0 Å². The zero-order valence-corrected chi connectivity index (χ0v) is 18.0. The van der Waals surface area contributed by atoms with Crippen LogP contribution in [0.1, 0.15) is 31.2 Å². The molecule has 0 heterocycles. The van der Waals surface area contributed by atoms with Crippen LogP contribution in [0.3, 0.4) is 0 Å². The number of aliphatic hydroxyl groups is 1. The fourth-order valence-electron chi connectivity index (χ4n) is 4.36. The highest BCUT2D eigenvalue weighted by Gasteiger charge is 2.39. The molecule has 4 N–H and O–H groups in total. The fourth-order valence-corrected chi connectivity index (χ4v) is 4.55. The van der Waals surface area contributed by atoms with Crippen LogP contribution in [0.4, 0.5) is 10.5 Å². The molecule has 0 bridgehead atoms. The van der Waals surface area contributed by atoms with Gasteiger partial charge in [-0.2, -0.15) is 0 Å². The number of aliphatic hydroxyl groups excluding tert-OH is 1. The number of halogens is 1. The molecule has 0 atom stereocenters. The average Bonchev–Trinajstić information content (AvgIpc) is 2.76. The smallest absolute Gasteiger partial charge is 0.405 e. The molecule has 0 saturated heterocycles. The van der Waals surface area contributed by atoms with Gasteiger partial charge in [-0.05, 0) is 43.4 Å². The summed E-state index contributed by atoms with van der Waals surface area (Å²) < 4.78 is 0. The van der Waals surface area contributed by atoms with E-state index in [9.17, 15) is 19.8 Å². The van der Waals surface area contributed by atoms with Crippen LogP contribution in [0.25, 0.3) is 0 Å². The van der Waals surface area contributed by atoms with E-state index in [-0.39, 0.29) is 25.1 Å². The lowest BCUT2D eigenvalue weighted by molar-refractivity contribution is -0.118. The number of nitrogens with one attached hydrogen (secondary N) is 2. The van der Waals surface area contributed by atoms with E-state index in [0.29, 0.717) is 42.9 Å². The number of carbonyl (C=O) groups excluding carboxylic acids is 1. The van der Waals surface area contributed by atoms with E-state index in [2.05, 4.69) is 10.6 Å². The van der Waals surface area contributed by atoms with E-state index < -0.39 is 11.6 Å². The molecule has 0 aliphatic heterocycles. The molecule has 31 heavy (non-hydrogen) atoms. The second-order valence-electron chi connectivity index (χ2n) is 7.83. The molecule has 0 unspecified atom stereocenters. The third-order valence-corrected chi connectivity index (χ3v) is 6.21. The molecule has 1 aliphatic rings. The number of carbonyl (C=O) groups is 2. The summed E-state index contributed by atoms with van der Waals surface area (Å²) in [5.41, 5.74) is 0.852. The zero-order chi connectivity index (χ0) is 22.3. The van der Waals surface area contributed by atoms with E-state index in [1.165, 1.54) is 0 Å². The number of para-hydroxylation sites is 1. The first kappa shape index (κ1) is 23.1. The van der Waals surface area contributed by atoms with Crippen molar-refractivity contribution < 1.29 is 19.8 Å². The predicted molar refractivity (Wildman–Crippen MR) is 120 cm³/mol. The van der Waals surface area contributed by atoms with Crippen molar-refractivity contribution in [1.82, 2.24) is 10.2 Å². The number of anilines is 1. The molecule has 3 rings (SSSR count). The first-order chi connectivity index (χ1) is 14.9. The van der Waals surface area contributed by atoms with Gasteiger partial charge in [-0.25, -0.2) is 4.79 Å². The van der Waals surface area contributed by atoms with Crippen molar-refractivity contribution in [3.05, 3.63) is 65.2 Å². The lowest BCUT2D eigenvalue weighted by atomic mass is 9.74. The normalized spacial score (nSPS) is 20.9. The minimum Gasteiger partial charge on any atom is -0.465 e. The highest BCUT2D eigenvalue weighted by Crippen LogP contribution is 2.38. The summed E-state index contributed by atoms with van der Waals surface area (Å²) in [4.78, 5) is 26.1. The first-order valence-electron chi connectivity index (χ1n) is 10.4.